The minimum Gasteiger partial charge on any atom is -0.481 e. The summed E-state index contributed by atoms with van der Waals surface area (Å²) in [7, 11) is 0. The molecular weight excluding hydrogens is 542 g/mol. The predicted octanol–water partition coefficient (Wildman–Crippen LogP) is -2.97. The standard InChI is InChI=1S/C7H16N4O2.C6H13NO2.C5H9NO4.C3H5NO4/c8-5(6(12)13)3-1-2-4-11-7(9)10;1-3-4(2)5(7)6(8)9;6-3(5(9)10)1-2-4(7)8;4-1(2(5)6)3(7)8/h5H,1-4,8H2,(H,12,13)(H4,9,10,11);4-5H,3,7H2,1-2H3,(H,8,9);3H,1-2,6H2,(H,7,8)(H,9,10);1H,4H2,(H,5,6)(H,7,8)/t5-;4-,5-;3-;/m001./s1. The Balaban J connectivity index is -0.000000220. The fourth-order valence-corrected chi connectivity index (χ4v) is 1.81. The van der Waals surface area contributed by atoms with Gasteiger partial charge in [0, 0.05) is 13.0 Å². The maximum atomic E-state index is 10.3. The number of aliphatic imine (C=N–C) groups is 1. The fourth-order valence-electron chi connectivity index (χ4n) is 1.81. The molecular formula is C21H43N7O12. The fraction of sp³-hybridized carbons (Fsp3) is 0.667. The number of carboxylic acids is 6. The van der Waals surface area contributed by atoms with Crippen LogP contribution in [-0.2, 0) is 28.8 Å². The summed E-state index contributed by atoms with van der Waals surface area (Å²) in [6.07, 6.45) is 2.50. The molecule has 0 radical (unpaired) electrons. The van der Waals surface area contributed by atoms with Crippen LogP contribution < -0.4 is 34.4 Å². The molecule has 0 heterocycles. The van der Waals surface area contributed by atoms with Crippen molar-refractivity contribution in [2.24, 2.45) is 45.3 Å². The molecule has 0 aromatic heterocycles. The zero-order valence-electron chi connectivity index (χ0n) is 22.4. The van der Waals surface area contributed by atoms with Crippen molar-refractivity contribution in [1.29, 1.82) is 0 Å². The van der Waals surface area contributed by atoms with Crippen LogP contribution in [0.1, 0.15) is 52.4 Å². The van der Waals surface area contributed by atoms with E-state index in [1.807, 2.05) is 13.8 Å². The molecule has 19 nitrogen and oxygen atoms in total. The second-order valence-corrected chi connectivity index (χ2v) is 8.03. The summed E-state index contributed by atoms with van der Waals surface area (Å²) in [5.74, 6) is -7.01. The Bertz CT molecular complexity index is 808. The molecule has 19 heteroatoms. The van der Waals surface area contributed by atoms with Gasteiger partial charge in [-0.2, -0.15) is 0 Å². The normalized spacial score (nSPS) is 12.7. The van der Waals surface area contributed by atoms with Crippen LogP contribution in [0.3, 0.4) is 0 Å². The van der Waals surface area contributed by atoms with E-state index in [0.717, 1.165) is 12.8 Å². The third-order valence-electron chi connectivity index (χ3n) is 4.60. The third kappa shape index (κ3) is 30.2. The lowest BCUT2D eigenvalue weighted by molar-refractivity contribution is -0.150. The number of carboxylic acid groups (broad SMARTS) is 6. The summed E-state index contributed by atoms with van der Waals surface area (Å²) in [6, 6.07) is -4.33. The van der Waals surface area contributed by atoms with Crippen molar-refractivity contribution in [2.45, 2.75) is 76.5 Å². The molecule has 234 valence electrons. The average molecular weight is 586 g/mol. The predicted molar refractivity (Wildman–Crippen MR) is 141 cm³/mol. The Hall–Kier alpha value is -4.07. The van der Waals surface area contributed by atoms with Crippen LogP contribution >= 0.6 is 0 Å². The lowest BCUT2D eigenvalue weighted by Gasteiger charge is -2.11. The summed E-state index contributed by atoms with van der Waals surface area (Å²) in [5.41, 5.74) is 30.3. The Labute approximate surface area is 230 Å². The number of nitrogens with two attached hydrogens (primary N) is 6. The summed E-state index contributed by atoms with van der Waals surface area (Å²) < 4.78 is 0. The van der Waals surface area contributed by atoms with E-state index in [0.29, 0.717) is 19.4 Å². The quantitative estimate of drug-likeness (QED) is 0.0394. The Morgan fingerprint density at radius 3 is 1.35 bits per heavy atom. The number of hydrogen-bond donors (Lipinski definition) is 12. The van der Waals surface area contributed by atoms with Crippen molar-refractivity contribution in [3.8, 4) is 0 Å². The SMILES string of the molecule is CC[C@H](C)[C@H](N)C(=O)O.NC(C(=O)O)C(=O)O.NC(N)=NCCCC[C@H](N)C(=O)O.N[C@H](CCC(=O)O)C(=O)O. The molecule has 0 saturated heterocycles. The van der Waals surface area contributed by atoms with Gasteiger partial charge in [0.05, 0.1) is 0 Å². The Morgan fingerprint density at radius 2 is 1.10 bits per heavy atom. The summed E-state index contributed by atoms with van der Waals surface area (Å²) >= 11 is 0. The topological polar surface area (TPSA) is 392 Å². The molecule has 0 bridgehead atoms. The number of rotatable bonds is 15. The van der Waals surface area contributed by atoms with Crippen LogP contribution in [0.2, 0.25) is 0 Å². The van der Waals surface area contributed by atoms with Crippen LogP contribution in [0.5, 0.6) is 0 Å². The van der Waals surface area contributed by atoms with Crippen molar-refractivity contribution in [3.63, 3.8) is 0 Å². The van der Waals surface area contributed by atoms with Crippen molar-refractivity contribution < 1.29 is 59.4 Å². The molecule has 0 aliphatic carbocycles. The van der Waals surface area contributed by atoms with Gasteiger partial charge in [-0.3, -0.25) is 24.2 Å². The molecule has 18 N–H and O–H groups in total. The minimum absolute atomic E-state index is 0.0231. The second kappa shape index (κ2) is 25.2. The van der Waals surface area contributed by atoms with Crippen LogP contribution in [0.4, 0.5) is 0 Å². The van der Waals surface area contributed by atoms with Gasteiger partial charge >= 0.3 is 35.8 Å². The summed E-state index contributed by atoms with van der Waals surface area (Å²) in [4.78, 5) is 63.3. The molecule has 0 rings (SSSR count). The number of hydrogen-bond acceptors (Lipinski definition) is 11. The zero-order chi connectivity index (χ0) is 32.6. The maximum absolute atomic E-state index is 10.3. The van der Waals surface area contributed by atoms with E-state index >= 15 is 0 Å². The molecule has 40 heavy (non-hydrogen) atoms. The number of carbonyl (C=O) groups is 6. The lowest BCUT2D eigenvalue weighted by Crippen LogP contribution is -2.38. The van der Waals surface area contributed by atoms with Crippen LogP contribution in [-0.4, -0.2) is 103 Å². The molecule has 0 aromatic carbocycles. The monoisotopic (exact) mass is 585 g/mol. The van der Waals surface area contributed by atoms with Crippen LogP contribution in [0, 0.1) is 5.92 Å². The maximum Gasteiger partial charge on any atom is 0.332 e. The highest BCUT2D eigenvalue weighted by Gasteiger charge is 2.19. The number of aliphatic carboxylic acids is 6. The molecule has 0 aromatic rings. The third-order valence-corrected chi connectivity index (χ3v) is 4.60. The lowest BCUT2D eigenvalue weighted by atomic mass is 10.0. The molecule has 0 spiro atoms. The molecule has 0 saturated carbocycles. The number of guanidine groups is 1. The molecule has 4 atom stereocenters. The van der Waals surface area contributed by atoms with E-state index in [1.54, 1.807) is 0 Å². The van der Waals surface area contributed by atoms with Gasteiger partial charge in [0.1, 0.15) is 18.1 Å². The van der Waals surface area contributed by atoms with Crippen LogP contribution in [0.15, 0.2) is 4.99 Å². The Morgan fingerprint density at radius 1 is 0.675 bits per heavy atom. The number of unbranched alkanes of at least 4 members (excludes halogenated alkanes) is 1. The van der Waals surface area contributed by atoms with E-state index in [-0.39, 0.29) is 24.7 Å². The second-order valence-electron chi connectivity index (χ2n) is 8.03. The van der Waals surface area contributed by atoms with Gasteiger partial charge in [-0.25, -0.2) is 9.59 Å². The van der Waals surface area contributed by atoms with Crippen molar-refractivity contribution in [1.82, 2.24) is 0 Å². The van der Waals surface area contributed by atoms with Crippen LogP contribution in [0.25, 0.3) is 0 Å². The molecule has 0 fully saturated rings. The first-order valence-electron chi connectivity index (χ1n) is 11.7. The van der Waals surface area contributed by atoms with E-state index in [4.69, 9.17) is 59.3 Å². The average Bonchev–Trinajstić information content (AvgIpc) is 2.85. The van der Waals surface area contributed by atoms with E-state index in [1.165, 1.54) is 0 Å². The highest BCUT2D eigenvalue weighted by molar-refractivity contribution is 5.96. The van der Waals surface area contributed by atoms with Gasteiger partial charge in [-0.15, -0.1) is 0 Å². The van der Waals surface area contributed by atoms with Gasteiger partial charge < -0.3 is 65.0 Å². The molecule has 0 aliphatic heterocycles. The highest BCUT2D eigenvalue weighted by Crippen LogP contribution is 2.04. The van der Waals surface area contributed by atoms with Crippen molar-refractivity contribution in [2.75, 3.05) is 6.54 Å². The van der Waals surface area contributed by atoms with Gasteiger partial charge in [0.25, 0.3) is 0 Å². The first-order chi connectivity index (χ1) is 18.2. The van der Waals surface area contributed by atoms with Gasteiger partial charge in [-0.1, -0.05) is 20.3 Å². The zero-order valence-corrected chi connectivity index (χ0v) is 22.4. The van der Waals surface area contributed by atoms with E-state index < -0.39 is 60.0 Å². The van der Waals surface area contributed by atoms with Gasteiger partial charge in [0.15, 0.2) is 5.96 Å². The largest absolute Gasteiger partial charge is 0.481 e. The van der Waals surface area contributed by atoms with Gasteiger partial charge in [-0.05, 0) is 31.6 Å². The molecule has 0 amide bonds. The highest BCUT2D eigenvalue weighted by atomic mass is 16.4. The molecule has 0 aliphatic rings. The first kappa shape index (κ1) is 43.0. The first-order valence-corrected chi connectivity index (χ1v) is 11.7. The van der Waals surface area contributed by atoms with Crippen molar-refractivity contribution >= 4 is 41.8 Å². The summed E-state index contributed by atoms with van der Waals surface area (Å²) in [6.45, 7) is 4.28. The Kier molecular flexibility index (Phi) is 27.1. The van der Waals surface area contributed by atoms with E-state index in [2.05, 4.69) is 10.7 Å². The van der Waals surface area contributed by atoms with Gasteiger partial charge in [0.2, 0.25) is 6.04 Å². The minimum atomic E-state index is -1.80. The number of nitrogens with zero attached hydrogens (tertiary/aromatic N) is 1. The summed E-state index contributed by atoms with van der Waals surface area (Å²) in [5, 5.41) is 48.8. The van der Waals surface area contributed by atoms with Crippen molar-refractivity contribution in [3.05, 3.63) is 0 Å². The van der Waals surface area contributed by atoms with E-state index in [9.17, 15) is 28.8 Å². The molecule has 0 unspecified atom stereocenters. The smallest absolute Gasteiger partial charge is 0.332 e.